The van der Waals surface area contributed by atoms with E-state index in [0.717, 1.165) is 10.5 Å². The number of rotatable bonds is 11. The van der Waals surface area contributed by atoms with Gasteiger partial charge in [-0.15, -0.1) is 11.6 Å². The molecule has 0 aliphatic rings. The van der Waals surface area contributed by atoms with Crippen molar-refractivity contribution in [2.75, 3.05) is 19.5 Å². The Labute approximate surface area is 173 Å². The molecule has 0 bridgehead atoms. The topological polar surface area (TPSA) is 122 Å². The first kappa shape index (κ1) is 24.2. The number of amides is 2. The number of carboxylic acids is 1. The molecule has 2 N–H and O–H groups in total. The van der Waals surface area contributed by atoms with E-state index in [-0.39, 0.29) is 31.9 Å². The van der Waals surface area contributed by atoms with E-state index in [9.17, 15) is 19.2 Å². The number of nitrogens with zero attached hydrogens (tertiary/aromatic N) is 1. The molecule has 9 nitrogen and oxygen atoms in total. The molecular formula is C19H25ClN2O7. The molecule has 0 spiro atoms. The molecular weight excluding hydrogens is 404 g/mol. The van der Waals surface area contributed by atoms with Gasteiger partial charge in [0, 0.05) is 6.54 Å². The minimum atomic E-state index is -1.17. The molecule has 1 aromatic rings. The first-order chi connectivity index (χ1) is 13.8. The second kappa shape index (κ2) is 12.6. The van der Waals surface area contributed by atoms with Gasteiger partial charge in [0.05, 0.1) is 7.11 Å². The summed E-state index contributed by atoms with van der Waals surface area (Å²) in [4.78, 5) is 48.1. The van der Waals surface area contributed by atoms with Crippen molar-refractivity contribution >= 4 is 35.5 Å². The Kier molecular flexibility index (Phi) is 10.5. The predicted molar refractivity (Wildman–Crippen MR) is 104 cm³/mol. The van der Waals surface area contributed by atoms with E-state index in [4.69, 9.17) is 21.4 Å². The number of hydrogen-bond donors (Lipinski definition) is 2. The van der Waals surface area contributed by atoms with E-state index in [0.29, 0.717) is 0 Å². The zero-order valence-corrected chi connectivity index (χ0v) is 17.1. The Morgan fingerprint density at radius 1 is 1.21 bits per heavy atom. The number of esters is 1. The third kappa shape index (κ3) is 8.39. The van der Waals surface area contributed by atoms with Crippen LogP contribution < -0.4 is 5.32 Å². The number of alkyl halides is 1. The quantitative estimate of drug-likeness (QED) is 0.406. The number of nitrogens with one attached hydrogen (secondary N) is 1. The fourth-order valence-corrected chi connectivity index (χ4v) is 2.66. The van der Waals surface area contributed by atoms with Crippen molar-refractivity contribution in [3.63, 3.8) is 0 Å². The molecule has 0 radical (unpaired) electrons. The van der Waals surface area contributed by atoms with Gasteiger partial charge in [0.2, 0.25) is 5.91 Å². The van der Waals surface area contributed by atoms with E-state index in [1.807, 2.05) is 6.07 Å². The van der Waals surface area contributed by atoms with Gasteiger partial charge in [-0.25, -0.2) is 14.4 Å². The Hall–Kier alpha value is -2.81. The number of benzene rings is 1. The standard InChI is InChI=1S/C19H25ClN2O7/c1-13(17(24)25)22(16(23)11-20)10-6-9-15(18(26)28-2)21-19(27)29-12-14-7-4-3-5-8-14/h3-5,7-8,13,15H,6,9-12H2,1-2H3,(H,21,27)(H,24,25)/t13-,15-/m0/s1. The number of aliphatic carboxylic acids is 1. The fourth-order valence-electron chi connectivity index (χ4n) is 2.51. The number of carboxylic acid groups (broad SMARTS) is 1. The summed E-state index contributed by atoms with van der Waals surface area (Å²) in [6.45, 7) is 1.45. The van der Waals surface area contributed by atoms with Crippen LogP contribution >= 0.6 is 11.6 Å². The normalized spacial score (nSPS) is 12.4. The number of carbonyl (C=O) groups excluding carboxylic acids is 3. The van der Waals surface area contributed by atoms with Gasteiger partial charge in [-0.2, -0.15) is 0 Å². The molecule has 0 heterocycles. The van der Waals surface area contributed by atoms with Gasteiger partial charge in [-0.1, -0.05) is 30.3 Å². The van der Waals surface area contributed by atoms with Gasteiger partial charge in [0.25, 0.3) is 0 Å². The van der Waals surface area contributed by atoms with Crippen molar-refractivity contribution in [2.24, 2.45) is 0 Å². The highest BCUT2D eigenvalue weighted by atomic mass is 35.5. The zero-order chi connectivity index (χ0) is 21.8. The molecule has 1 rings (SSSR count). The van der Waals surface area contributed by atoms with Gasteiger partial charge in [0.1, 0.15) is 24.6 Å². The highest BCUT2D eigenvalue weighted by Crippen LogP contribution is 2.08. The molecule has 10 heteroatoms. The highest BCUT2D eigenvalue weighted by molar-refractivity contribution is 6.27. The fraction of sp³-hybridized carbons (Fsp3) is 0.474. The summed E-state index contributed by atoms with van der Waals surface area (Å²) in [5.74, 6) is -2.74. The monoisotopic (exact) mass is 428 g/mol. The van der Waals surface area contributed by atoms with Crippen molar-refractivity contribution in [1.82, 2.24) is 10.2 Å². The molecule has 160 valence electrons. The largest absolute Gasteiger partial charge is 0.480 e. The van der Waals surface area contributed by atoms with E-state index < -0.39 is 36.0 Å². The average molecular weight is 429 g/mol. The van der Waals surface area contributed by atoms with Crippen LogP contribution in [0.1, 0.15) is 25.3 Å². The second-order valence-corrected chi connectivity index (χ2v) is 6.43. The van der Waals surface area contributed by atoms with Crippen LogP contribution in [0, 0.1) is 0 Å². The number of methoxy groups -OCH3 is 1. The molecule has 0 fully saturated rings. The Balaban J connectivity index is 2.61. The lowest BCUT2D eigenvalue weighted by Crippen LogP contribution is -2.46. The molecule has 29 heavy (non-hydrogen) atoms. The van der Waals surface area contributed by atoms with E-state index in [1.54, 1.807) is 24.3 Å². The van der Waals surface area contributed by atoms with Crippen molar-refractivity contribution in [2.45, 2.75) is 38.5 Å². The second-order valence-electron chi connectivity index (χ2n) is 6.16. The van der Waals surface area contributed by atoms with Crippen LogP contribution in [0.3, 0.4) is 0 Å². The summed E-state index contributed by atoms with van der Waals surface area (Å²) >= 11 is 5.53. The number of halogens is 1. The first-order valence-corrected chi connectivity index (χ1v) is 9.46. The molecule has 2 amide bonds. The van der Waals surface area contributed by atoms with Crippen LogP contribution in [0.15, 0.2) is 30.3 Å². The molecule has 0 aliphatic heterocycles. The summed E-state index contributed by atoms with van der Waals surface area (Å²) in [6, 6.07) is 6.95. The maximum Gasteiger partial charge on any atom is 0.408 e. The van der Waals surface area contributed by atoms with E-state index >= 15 is 0 Å². The van der Waals surface area contributed by atoms with Crippen molar-refractivity contribution in [1.29, 1.82) is 0 Å². The third-order valence-electron chi connectivity index (χ3n) is 4.14. The maximum absolute atomic E-state index is 12.0. The minimum Gasteiger partial charge on any atom is -0.480 e. The molecule has 0 saturated carbocycles. The molecule has 2 atom stereocenters. The summed E-state index contributed by atoms with van der Waals surface area (Å²) in [7, 11) is 1.18. The predicted octanol–water partition coefficient (Wildman–Crippen LogP) is 1.78. The number of ether oxygens (including phenoxy) is 2. The van der Waals surface area contributed by atoms with Crippen LogP contribution in [0.5, 0.6) is 0 Å². The lowest BCUT2D eigenvalue weighted by molar-refractivity contribution is -0.148. The summed E-state index contributed by atoms with van der Waals surface area (Å²) < 4.78 is 9.77. The highest BCUT2D eigenvalue weighted by Gasteiger charge is 2.26. The molecule has 0 saturated heterocycles. The third-order valence-corrected chi connectivity index (χ3v) is 4.37. The minimum absolute atomic E-state index is 0.0364. The number of carbonyl (C=O) groups is 4. The van der Waals surface area contributed by atoms with Crippen molar-refractivity contribution in [3.8, 4) is 0 Å². The average Bonchev–Trinajstić information content (AvgIpc) is 2.73. The van der Waals surface area contributed by atoms with Crippen LogP contribution in [0.25, 0.3) is 0 Å². The van der Waals surface area contributed by atoms with Gasteiger partial charge in [-0.3, -0.25) is 4.79 Å². The lowest BCUT2D eigenvalue weighted by atomic mass is 10.1. The number of hydrogen-bond acceptors (Lipinski definition) is 6. The van der Waals surface area contributed by atoms with Crippen LogP contribution in [-0.2, 0) is 30.5 Å². The van der Waals surface area contributed by atoms with Crippen molar-refractivity contribution < 1.29 is 33.8 Å². The summed E-state index contributed by atoms with van der Waals surface area (Å²) in [5.41, 5.74) is 0.787. The SMILES string of the molecule is COC(=O)[C@H](CCCN(C(=O)CCl)[C@@H](C)C(=O)O)NC(=O)OCc1ccccc1. The first-order valence-electron chi connectivity index (χ1n) is 8.93. The van der Waals surface area contributed by atoms with E-state index in [1.165, 1.54) is 14.0 Å². The van der Waals surface area contributed by atoms with Gasteiger partial charge >= 0.3 is 18.0 Å². The molecule has 1 aromatic carbocycles. The van der Waals surface area contributed by atoms with E-state index in [2.05, 4.69) is 10.1 Å². The molecule has 0 aliphatic carbocycles. The van der Waals surface area contributed by atoms with Crippen molar-refractivity contribution in [3.05, 3.63) is 35.9 Å². The Bertz CT molecular complexity index is 699. The van der Waals surface area contributed by atoms with Crippen LogP contribution in [0.4, 0.5) is 4.79 Å². The summed E-state index contributed by atoms with van der Waals surface area (Å²) in [5, 5.41) is 11.5. The zero-order valence-electron chi connectivity index (χ0n) is 16.3. The molecule has 0 aromatic heterocycles. The molecule has 0 unspecified atom stereocenters. The Morgan fingerprint density at radius 2 is 1.86 bits per heavy atom. The Morgan fingerprint density at radius 3 is 2.41 bits per heavy atom. The van der Waals surface area contributed by atoms with Crippen LogP contribution in [-0.4, -0.2) is 65.6 Å². The van der Waals surface area contributed by atoms with Gasteiger partial charge < -0.3 is 24.8 Å². The summed E-state index contributed by atoms with van der Waals surface area (Å²) in [6.07, 6.45) is -0.443. The number of alkyl carbamates (subject to hydrolysis) is 1. The smallest absolute Gasteiger partial charge is 0.408 e. The lowest BCUT2D eigenvalue weighted by Gasteiger charge is -2.26. The van der Waals surface area contributed by atoms with Gasteiger partial charge in [-0.05, 0) is 25.3 Å². The maximum atomic E-state index is 12.0. The van der Waals surface area contributed by atoms with Gasteiger partial charge in [0.15, 0.2) is 0 Å². The van der Waals surface area contributed by atoms with Crippen LogP contribution in [0.2, 0.25) is 0 Å².